The number of ether oxygens (including phenoxy) is 1. The van der Waals surface area contributed by atoms with Gasteiger partial charge in [0, 0.05) is 12.1 Å². The number of fused-ring (bicyclic) bond motifs is 1. The Hall–Kier alpha value is -2.73. The van der Waals surface area contributed by atoms with Gasteiger partial charge in [-0.25, -0.2) is 9.78 Å². The Morgan fingerprint density at radius 2 is 2.00 bits per heavy atom. The molecule has 2 aromatic carbocycles. The summed E-state index contributed by atoms with van der Waals surface area (Å²) < 4.78 is 7.01. The molecule has 0 aliphatic rings. The van der Waals surface area contributed by atoms with Crippen molar-refractivity contribution in [1.82, 2.24) is 9.55 Å². The van der Waals surface area contributed by atoms with Gasteiger partial charge in [0.15, 0.2) is 0 Å². The minimum atomic E-state index is -0.427. The molecule has 7 heteroatoms. The molecule has 6 nitrogen and oxygen atoms in total. The van der Waals surface area contributed by atoms with Crippen molar-refractivity contribution in [3.63, 3.8) is 0 Å². The summed E-state index contributed by atoms with van der Waals surface area (Å²) in [6.07, 6.45) is 0. The smallest absolute Gasteiger partial charge is 0.326 e. The second-order valence-corrected chi connectivity index (χ2v) is 5.34. The molecule has 0 aliphatic carbocycles. The highest BCUT2D eigenvalue weighted by atomic mass is 35.5. The molecule has 0 unspecified atom stereocenters. The highest BCUT2D eigenvalue weighted by Gasteiger charge is 2.12. The van der Waals surface area contributed by atoms with Gasteiger partial charge in [-0.2, -0.15) is 0 Å². The van der Waals surface area contributed by atoms with E-state index < -0.39 is 6.03 Å². The van der Waals surface area contributed by atoms with Gasteiger partial charge in [0.25, 0.3) is 0 Å². The summed E-state index contributed by atoms with van der Waals surface area (Å²) in [5.41, 5.74) is 2.23. The Bertz CT molecular complexity index is 876. The van der Waals surface area contributed by atoms with Crippen LogP contribution in [-0.4, -0.2) is 22.7 Å². The SMILES string of the molecule is COc1ccc(Cl)cc1NC(=O)Nc1nc2ccccc2n1C. The Balaban J connectivity index is 1.81. The number of rotatable bonds is 3. The minimum absolute atomic E-state index is 0.427. The molecule has 3 aromatic rings. The van der Waals surface area contributed by atoms with Crippen molar-refractivity contribution in [2.24, 2.45) is 7.05 Å². The van der Waals surface area contributed by atoms with Crippen molar-refractivity contribution in [1.29, 1.82) is 0 Å². The molecule has 0 fully saturated rings. The Labute approximate surface area is 138 Å². The molecule has 0 saturated heterocycles. The van der Waals surface area contributed by atoms with Crippen LogP contribution >= 0.6 is 11.6 Å². The number of nitrogens with zero attached hydrogens (tertiary/aromatic N) is 2. The molecule has 0 spiro atoms. The first-order chi connectivity index (χ1) is 11.1. The molecule has 0 saturated carbocycles. The number of carbonyl (C=O) groups excluding carboxylic acids is 1. The normalized spacial score (nSPS) is 10.6. The van der Waals surface area contributed by atoms with Crippen LogP contribution in [0.3, 0.4) is 0 Å². The van der Waals surface area contributed by atoms with Gasteiger partial charge in [0.1, 0.15) is 5.75 Å². The molecule has 3 rings (SSSR count). The van der Waals surface area contributed by atoms with E-state index in [4.69, 9.17) is 16.3 Å². The first-order valence-corrected chi connectivity index (χ1v) is 7.29. The standard InChI is InChI=1S/C16H15ClN4O2/c1-21-13-6-4-3-5-11(13)18-15(21)20-16(22)19-12-9-10(17)7-8-14(12)23-2/h3-9H,1-2H3,(H2,18,19,20,22). The van der Waals surface area contributed by atoms with Gasteiger partial charge in [-0.3, -0.25) is 5.32 Å². The highest BCUT2D eigenvalue weighted by molar-refractivity contribution is 6.31. The van der Waals surface area contributed by atoms with Crippen molar-refractivity contribution in [3.8, 4) is 5.75 Å². The molecular weight excluding hydrogens is 316 g/mol. The first kappa shape index (κ1) is 15.2. The number of amides is 2. The van der Waals surface area contributed by atoms with Crippen molar-refractivity contribution in [2.45, 2.75) is 0 Å². The van der Waals surface area contributed by atoms with Crippen LogP contribution in [0.2, 0.25) is 5.02 Å². The number of hydrogen-bond donors (Lipinski definition) is 2. The van der Waals surface area contributed by atoms with E-state index in [9.17, 15) is 4.79 Å². The Morgan fingerprint density at radius 3 is 2.74 bits per heavy atom. The van der Waals surface area contributed by atoms with E-state index in [0.717, 1.165) is 11.0 Å². The number of aromatic nitrogens is 2. The molecule has 0 atom stereocenters. The number of anilines is 2. The summed E-state index contributed by atoms with van der Waals surface area (Å²) in [5.74, 6) is 0.972. The van der Waals surface area contributed by atoms with E-state index in [2.05, 4.69) is 15.6 Å². The lowest BCUT2D eigenvalue weighted by molar-refractivity contribution is 0.262. The van der Waals surface area contributed by atoms with Crippen LogP contribution in [-0.2, 0) is 7.05 Å². The van der Waals surface area contributed by atoms with Crippen molar-refractivity contribution >= 4 is 40.3 Å². The lowest BCUT2D eigenvalue weighted by atomic mass is 10.3. The lowest BCUT2D eigenvalue weighted by Gasteiger charge is -2.11. The third-order valence-corrected chi connectivity index (χ3v) is 3.66. The highest BCUT2D eigenvalue weighted by Crippen LogP contribution is 2.27. The third-order valence-electron chi connectivity index (χ3n) is 3.42. The number of aryl methyl sites for hydroxylation is 1. The number of urea groups is 1. The average Bonchev–Trinajstić information content (AvgIpc) is 2.84. The third kappa shape index (κ3) is 3.07. The van der Waals surface area contributed by atoms with E-state index in [1.165, 1.54) is 7.11 Å². The van der Waals surface area contributed by atoms with E-state index in [1.807, 2.05) is 35.9 Å². The maximum absolute atomic E-state index is 12.2. The molecular formula is C16H15ClN4O2. The maximum atomic E-state index is 12.2. The summed E-state index contributed by atoms with van der Waals surface area (Å²) in [5, 5.41) is 5.94. The lowest BCUT2D eigenvalue weighted by Crippen LogP contribution is -2.21. The summed E-state index contributed by atoms with van der Waals surface area (Å²) in [7, 11) is 3.36. The van der Waals surface area contributed by atoms with Crippen LogP contribution in [0.1, 0.15) is 0 Å². The number of benzene rings is 2. The average molecular weight is 331 g/mol. The predicted molar refractivity (Wildman–Crippen MR) is 91.4 cm³/mol. The minimum Gasteiger partial charge on any atom is -0.495 e. The van der Waals surface area contributed by atoms with Gasteiger partial charge >= 0.3 is 6.03 Å². The maximum Gasteiger partial charge on any atom is 0.326 e. The first-order valence-electron chi connectivity index (χ1n) is 6.91. The van der Waals surface area contributed by atoms with Crippen LogP contribution < -0.4 is 15.4 Å². The van der Waals surface area contributed by atoms with Crippen LogP contribution in [0.15, 0.2) is 42.5 Å². The monoisotopic (exact) mass is 330 g/mol. The molecule has 0 aliphatic heterocycles. The number of nitrogens with one attached hydrogen (secondary N) is 2. The fraction of sp³-hybridized carbons (Fsp3) is 0.125. The zero-order chi connectivity index (χ0) is 16.4. The van der Waals surface area contributed by atoms with E-state index in [-0.39, 0.29) is 0 Å². The number of hydrogen-bond acceptors (Lipinski definition) is 3. The summed E-state index contributed by atoms with van der Waals surface area (Å²) in [6.45, 7) is 0. The van der Waals surface area contributed by atoms with Crippen LogP contribution in [0.25, 0.3) is 11.0 Å². The number of carbonyl (C=O) groups is 1. The summed E-state index contributed by atoms with van der Waals surface area (Å²) in [4.78, 5) is 16.6. The molecule has 2 amide bonds. The summed E-state index contributed by atoms with van der Waals surface area (Å²) in [6, 6.07) is 12.2. The van der Waals surface area contributed by atoms with Gasteiger partial charge < -0.3 is 14.6 Å². The molecule has 118 valence electrons. The largest absolute Gasteiger partial charge is 0.495 e. The molecule has 2 N–H and O–H groups in total. The zero-order valence-electron chi connectivity index (χ0n) is 12.6. The molecule has 23 heavy (non-hydrogen) atoms. The second-order valence-electron chi connectivity index (χ2n) is 4.91. The summed E-state index contributed by atoms with van der Waals surface area (Å²) >= 11 is 5.95. The number of halogens is 1. The predicted octanol–water partition coefficient (Wildman–Crippen LogP) is 3.88. The fourth-order valence-corrected chi connectivity index (χ4v) is 2.46. The van der Waals surface area contributed by atoms with Crippen LogP contribution in [0.5, 0.6) is 5.75 Å². The van der Waals surface area contributed by atoms with Gasteiger partial charge in [0.05, 0.1) is 23.8 Å². The van der Waals surface area contributed by atoms with E-state index >= 15 is 0 Å². The Kier molecular flexibility index (Phi) is 4.08. The van der Waals surface area contributed by atoms with Crippen LogP contribution in [0.4, 0.5) is 16.4 Å². The van der Waals surface area contributed by atoms with Gasteiger partial charge in [-0.1, -0.05) is 23.7 Å². The molecule has 0 radical (unpaired) electrons. The topological polar surface area (TPSA) is 68.2 Å². The fourth-order valence-electron chi connectivity index (χ4n) is 2.29. The van der Waals surface area contributed by atoms with Gasteiger partial charge in [-0.15, -0.1) is 0 Å². The quantitative estimate of drug-likeness (QED) is 0.765. The zero-order valence-corrected chi connectivity index (χ0v) is 13.4. The van der Waals surface area contributed by atoms with E-state index in [0.29, 0.717) is 22.4 Å². The number of para-hydroxylation sites is 2. The van der Waals surface area contributed by atoms with Crippen molar-refractivity contribution in [3.05, 3.63) is 47.5 Å². The second kappa shape index (κ2) is 6.18. The Morgan fingerprint density at radius 1 is 1.22 bits per heavy atom. The number of imidazole rings is 1. The molecule has 1 aromatic heterocycles. The molecule has 0 bridgehead atoms. The molecule has 1 heterocycles. The van der Waals surface area contributed by atoms with Gasteiger partial charge in [0.2, 0.25) is 5.95 Å². The number of methoxy groups -OCH3 is 1. The van der Waals surface area contributed by atoms with Crippen LogP contribution in [0, 0.1) is 0 Å². The van der Waals surface area contributed by atoms with E-state index in [1.54, 1.807) is 18.2 Å². The van der Waals surface area contributed by atoms with Crippen molar-refractivity contribution in [2.75, 3.05) is 17.7 Å². The van der Waals surface area contributed by atoms with Crippen molar-refractivity contribution < 1.29 is 9.53 Å². The van der Waals surface area contributed by atoms with Gasteiger partial charge in [-0.05, 0) is 30.3 Å².